The molecule has 0 fully saturated rings. The van der Waals surface area contributed by atoms with Gasteiger partial charge in [0, 0.05) is 12.6 Å². The summed E-state index contributed by atoms with van der Waals surface area (Å²) in [5, 5.41) is 11.8. The molecule has 0 aliphatic rings. The summed E-state index contributed by atoms with van der Waals surface area (Å²) in [6, 6.07) is 15.1. The van der Waals surface area contributed by atoms with Gasteiger partial charge in [-0.05, 0) is 40.0 Å². The van der Waals surface area contributed by atoms with Gasteiger partial charge in [-0.25, -0.2) is 0 Å². The summed E-state index contributed by atoms with van der Waals surface area (Å²) in [5.41, 5.74) is 1.15. The average Bonchev–Trinajstić information content (AvgIpc) is 2.91. The third kappa shape index (κ3) is 4.62. The number of nitriles is 1. The Hall–Kier alpha value is -2.32. The summed E-state index contributed by atoms with van der Waals surface area (Å²) in [7, 11) is 0. The largest absolute Gasteiger partial charge is 0.450 e. The first-order chi connectivity index (χ1) is 10.2. The molecule has 0 unspecified atom stereocenters. The van der Waals surface area contributed by atoms with E-state index in [1.54, 1.807) is 12.1 Å². The zero-order valence-corrected chi connectivity index (χ0v) is 12.8. The molecule has 5 heteroatoms. The van der Waals surface area contributed by atoms with Crippen molar-refractivity contribution in [1.29, 1.82) is 5.26 Å². The van der Waals surface area contributed by atoms with Crippen LogP contribution in [0.15, 0.2) is 57.1 Å². The summed E-state index contributed by atoms with van der Waals surface area (Å²) >= 11 is 3.17. The lowest BCUT2D eigenvalue weighted by Crippen LogP contribution is -2.26. The number of halogens is 1. The standard InChI is InChI=1S/C16H13BrN2O2/c17-15-7-6-14(21-15)10-13(11-18)16(20)19-9-8-12-4-2-1-3-5-12/h1-7,10H,8-9H2,(H,19,20)/b13-10-. The molecule has 2 aromatic rings. The van der Waals surface area contributed by atoms with Crippen molar-refractivity contribution >= 4 is 27.9 Å². The van der Waals surface area contributed by atoms with Gasteiger partial charge in [0.1, 0.15) is 17.4 Å². The third-order valence-electron chi connectivity index (χ3n) is 2.79. The molecular weight excluding hydrogens is 332 g/mol. The molecule has 0 radical (unpaired) electrons. The molecule has 1 aromatic carbocycles. The lowest BCUT2D eigenvalue weighted by Gasteiger charge is -2.04. The fourth-order valence-corrected chi connectivity index (χ4v) is 2.08. The highest BCUT2D eigenvalue weighted by Gasteiger charge is 2.09. The first-order valence-electron chi connectivity index (χ1n) is 6.38. The minimum absolute atomic E-state index is 0.0184. The molecule has 0 bridgehead atoms. The SMILES string of the molecule is N#C/C(=C/c1ccc(Br)o1)C(=O)NCCc1ccccc1. The number of nitrogens with one attached hydrogen (secondary N) is 1. The molecule has 0 aliphatic heterocycles. The Morgan fingerprint density at radius 2 is 2.05 bits per heavy atom. The lowest BCUT2D eigenvalue weighted by atomic mass is 10.1. The molecular formula is C16H13BrN2O2. The van der Waals surface area contributed by atoms with Crippen LogP contribution in [-0.4, -0.2) is 12.5 Å². The quantitative estimate of drug-likeness (QED) is 0.668. The van der Waals surface area contributed by atoms with Crippen molar-refractivity contribution in [2.75, 3.05) is 6.54 Å². The van der Waals surface area contributed by atoms with E-state index in [-0.39, 0.29) is 5.57 Å². The van der Waals surface area contributed by atoms with Crippen molar-refractivity contribution < 1.29 is 9.21 Å². The Bertz CT molecular complexity index is 684. The molecule has 1 heterocycles. The van der Waals surface area contributed by atoms with Gasteiger partial charge in [-0.15, -0.1) is 0 Å². The van der Waals surface area contributed by atoms with Gasteiger partial charge in [-0.2, -0.15) is 5.26 Å². The molecule has 0 saturated carbocycles. The van der Waals surface area contributed by atoms with Gasteiger partial charge in [-0.1, -0.05) is 30.3 Å². The fourth-order valence-electron chi connectivity index (χ4n) is 1.76. The molecule has 0 saturated heterocycles. The predicted molar refractivity (Wildman–Crippen MR) is 83.2 cm³/mol. The molecule has 1 aromatic heterocycles. The van der Waals surface area contributed by atoms with Gasteiger partial charge in [0.15, 0.2) is 4.67 Å². The molecule has 0 aliphatic carbocycles. The summed E-state index contributed by atoms with van der Waals surface area (Å²) in [5.74, 6) is 0.0533. The molecule has 106 valence electrons. The van der Waals surface area contributed by atoms with Crippen LogP contribution in [0.4, 0.5) is 0 Å². The summed E-state index contributed by atoms with van der Waals surface area (Å²) in [4.78, 5) is 11.9. The second kappa shape index (κ2) is 7.46. The maximum absolute atomic E-state index is 11.9. The van der Waals surface area contributed by atoms with Crippen molar-refractivity contribution in [2.24, 2.45) is 0 Å². The van der Waals surface area contributed by atoms with Crippen LogP contribution < -0.4 is 5.32 Å². The van der Waals surface area contributed by atoms with Crippen LogP contribution in [0.1, 0.15) is 11.3 Å². The second-order valence-corrected chi connectivity index (χ2v) is 5.08. The van der Waals surface area contributed by atoms with Gasteiger partial charge >= 0.3 is 0 Å². The number of carbonyl (C=O) groups is 1. The van der Waals surface area contributed by atoms with E-state index in [0.29, 0.717) is 17.0 Å². The van der Waals surface area contributed by atoms with Crippen molar-refractivity contribution in [2.45, 2.75) is 6.42 Å². The van der Waals surface area contributed by atoms with Gasteiger partial charge in [0.05, 0.1) is 0 Å². The van der Waals surface area contributed by atoms with E-state index in [4.69, 9.17) is 9.68 Å². The smallest absolute Gasteiger partial charge is 0.262 e. The number of rotatable bonds is 5. The van der Waals surface area contributed by atoms with Crippen molar-refractivity contribution in [3.8, 4) is 6.07 Å². The van der Waals surface area contributed by atoms with Crippen LogP contribution in [0.2, 0.25) is 0 Å². The molecule has 0 atom stereocenters. The topological polar surface area (TPSA) is 66.0 Å². The molecule has 1 N–H and O–H groups in total. The van der Waals surface area contributed by atoms with Gasteiger partial charge < -0.3 is 9.73 Å². The number of nitrogens with zero attached hydrogens (tertiary/aromatic N) is 1. The van der Waals surface area contributed by atoms with Crippen LogP contribution in [0.3, 0.4) is 0 Å². The molecule has 21 heavy (non-hydrogen) atoms. The summed E-state index contributed by atoms with van der Waals surface area (Å²) in [6.45, 7) is 0.476. The highest BCUT2D eigenvalue weighted by molar-refractivity contribution is 9.10. The highest BCUT2D eigenvalue weighted by atomic mass is 79.9. The second-order valence-electron chi connectivity index (χ2n) is 4.30. The van der Waals surface area contributed by atoms with Crippen LogP contribution in [-0.2, 0) is 11.2 Å². The van der Waals surface area contributed by atoms with E-state index >= 15 is 0 Å². The zero-order chi connectivity index (χ0) is 15.1. The van der Waals surface area contributed by atoms with E-state index in [9.17, 15) is 4.79 Å². The molecule has 2 rings (SSSR count). The predicted octanol–water partition coefficient (Wildman–Crippen LogP) is 3.31. The van der Waals surface area contributed by atoms with E-state index < -0.39 is 5.91 Å². The number of hydrogen-bond donors (Lipinski definition) is 1. The van der Waals surface area contributed by atoms with Crippen LogP contribution in [0.5, 0.6) is 0 Å². The lowest BCUT2D eigenvalue weighted by molar-refractivity contribution is -0.117. The minimum atomic E-state index is -0.402. The van der Waals surface area contributed by atoms with E-state index in [2.05, 4.69) is 21.2 Å². The molecule has 4 nitrogen and oxygen atoms in total. The number of benzene rings is 1. The number of carbonyl (C=O) groups excluding carboxylic acids is 1. The molecule has 1 amide bonds. The Morgan fingerprint density at radius 3 is 2.67 bits per heavy atom. The maximum atomic E-state index is 11.9. The van der Waals surface area contributed by atoms with Crippen molar-refractivity contribution in [3.63, 3.8) is 0 Å². The van der Waals surface area contributed by atoms with E-state index in [0.717, 1.165) is 12.0 Å². The van der Waals surface area contributed by atoms with Crippen LogP contribution >= 0.6 is 15.9 Å². The van der Waals surface area contributed by atoms with Crippen molar-refractivity contribution in [1.82, 2.24) is 5.32 Å². The molecule has 0 spiro atoms. The van der Waals surface area contributed by atoms with E-state index in [1.807, 2.05) is 36.4 Å². The van der Waals surface area contributed by atoms with Crippen molar-refractivity contribution in [3.05, 3.63) is 64.0 Å². The minimum Gasteiger partial charge on any atom is -0.450 e. The van der Waals surface area contributed by atoms with Crippen LogP contribution in [0, 0.1) is 11.3 Å². The third-order valence-corrected chi connectivity index (χ3v) is 3.21. The van der Waals surface area contributed by atoms with Gasteiger partial charge in [-0.3, -0.25) is 4.79 Å². The Kier molecular flexibility index (Phi) is 5.35. The first-order valence-corrected chi connectivity index (χ1v) is 7.17. The fraction of sp³-hybridized carbons (Fsp3) is 0.125. The maximum Gasteiger partial charge on any atom is 0.262 e. The van der Waals surface area contributed by atoms with E-state index in [1.165, 1.54) is 6.08 Å². The average molecular weight is 345 g/mol. The number of furan rings is 1. The van der Waals surface area contributed by atoms with Crippen LogP contribution in [0.25, 0.3) is 6.08 Å². The Labute approximate surface area is 131 Å². The van der Waals surface area contributed by atoms with Gasteiger partial charge in [0.25, 0.3) is 5.91 Å². The Balaban J connectivity index is 1.92. The Morgan fingerprint density at radius 1 is 1.29 bits per heavy atom. The van der Waals surface area contributed by atoms with Gasteiger partial charge in [0.2, 0.25) is 0 Å². The number of hydrogen-bond acceptors (Lipinski definition) is 3. The number of amides is 1. The zero-order valence-electron chi connectivity index (χ0n) is 11.2. The highest BCUT2D eigenvalue weighted by Crippen LogP contribution is 2.16. The first kappa shape index (κ1) is 15.1. The monoisotopic (exact) mass is 344 g/mol. The summed E-state index contributed by atoms with van der Waals surface area (Å²) in [6.07, 6.45) is 2.14. The normalized spacial score (nSPS) is 11.0. The summed E-state index contributed by atoms with van der Waals surface area (Å²) < 4.78 is 5.80.